The largest absolute Gasteiger partial charge is 0.341 e. The predicted octanol–water partition coefficient (Wildman–Crippen LogP) is 3.79. The van der Waals surface area contributed by atoms with Crippen LogP contribution in [0.5, 0.6) is 0 Å². The quantitative estimate of drug-likeness (QED) is 0.888. The predicted molar refractivity (Wildman–Crippen MR) is 107 cm³/mol. The molecule has 1 aliphatic heterocycles. The molecule has 0 radical (unpaired) electrons. The van der Waals surface area contributed by atoms with Crippen LogP contribution in [0.4, 0.5) is 0 Å². The molecule has 2 unspecified atom stereocenters. The lowest BCUT2D eigenvalue weighted by Gasteiger charge is -2.32. The van der Waals surface area contributed by atoms with Crippen molar-refractivity contribution in [1.82, 2.24) is 14.8 Å². The highest BCUT2D eigenvalue weighted by Crippen LogP contribution is 2.27. The summed E-state index contributed by atoms with van der Waals surface area (Å²) in [7, 11) is 1.99. The zero-order valence-electron chi connectivity index (χ0n) is 16.5. The number of likely N-dealkylation sites (tertiary alicyclic amines) is 1. The Kier molecular flexibility index (Phi) is 5.82. The van der Waals surface area contributed by atoms with Gasteiger partial charge in [-0.15, -0.1) is 0 Å². The molecule has 0 aliphatic carbocycles. The van der Waals surface area contributed by atoms with Gasteiger partial charge in [0.05, 0.1) is 11.6 Å². The summed E-state index contributed by atoms with van der Waals surface area (Å²) in [6, 6.07) is 12.8. The van der Waals surface area contributed by atoms with Crippen LogP contribution in [0.25, 0.3) is 0 Å². The van der Waals surface area contributed by atoms with E-state index in [1.807, 2.05) is 18.0 Å². The van der Waals surface area contributed by atoms with Crippen LogP contribution in [-0.2, 0) is 0 Å². The highest BCUT2D eigenvalue weighted by atomic mass is 16.2. The molecule has 140 valence electrons. The lowest BCUT2D eigenvalue weighted by atomic mass is 9.97. The Morgan fingerprint density at radius 3 is 2.69 bits per heavy atom. The number of benzene rings is 1. The Morgan fingerprint density at radius 2 is 2.00 bits per heavy atom. The standard InChI is InChI=1S/C22H31N3O/c1-16-13-21(22(26)24-12-8-9-19(15-24)14-23-4)18(3)25(16)17(2)20-10-6-5-7-11-20/h5-7,10-11,13,17,19,23H,8-9,12,14-15H2,1-4H3. The second-order valence-electron chi connectivity index (χ2n) is 7.56. The van der Waals surface area contributed by atoms with E-state index >= 15 is 0 Å². The van der Waals surface area contributed by atoms with Gasteiger partial charge in [-0.25, -0.2) is 0 Å². The smallest absolute Gasteiger partial charge is 0.255 e. The first kappa shape index (κ1) is 18.7. The summed E-state index contributed by atoms with van der Waals surface area (Å²) in [6.07, 6.45) is 2.30. The molecule has 2 aromatic rings. The van der Waals surface area contributed by atoms with E-state index in [4.69, 9.17) is 0 Å². The van der Waals surface area contributed by atoms with Gasteiger partial charge < -0.3 is 14.8 Å². The minimum atomic E-state index is 0.186. The van der Waals surface area contributed by atoms with Gasteiger partial charge in [0.25, 0.3) is 5.91 Å². The third-order valence-electron chi connectivity index (χ3n) is 5.68. The van der Waals surface area contributed by atoms with E-state index in [1.165, 1.54) is 12.0 Å². The molecular formula is C22H31N3O. The first-order valence-electron chi connectivity index (χ1n) is 9.70. The number of carbonyl (C=O) groups excluding carboxylic acids is 1. The van der Waals surface area contributed by atoms with E-state index < -0.39 is 0 Å². The second kappa shape index (κ2) is 8.09. The summed E-state index contributed by atoms with van der Waals surface area (Å²) in [5.41, 5.74) is 4.33. The number of hydrogen-bond acceptors (Lipinski definition) is 2. The summed E-state index contributed by atoms with van der Waals surface area (Å²) in [6.45, 7) is 9.09. The zero-order valence-corrected chi connectivity index (χ0v) is 16.5. The molecule has 4 nitrogen and oxygen atoms in total. The number of aryl methyl sites for hydroxylation is 1. The molecule has 4 heteroatoms. The molecule has 3 rings (SSSR count). The molecular weight excluding hydrogens is 322 g/mol. The van der Waals surface area contributed by atoms with Gasteiger partial charge in [-0.1, -0.05) is 30.3 Å². The van der Waals surface area contributed by atoms with Crippen molar-refractivity contribution in [2.45, 2.75) is 39.7 Å². The average molecular weight is 354 g/mol. The molecule has 1 aliphatic rings. The van der Waals surface area contributed by atoms with Gasteiger partial charge >= 0.3 is 0 Å². The van der Waals surface area contributed by atoms with Crippen molar-refractivity contribution in [2.75, 3.05) is 26.7 Å². The van der Waals surface area contributed by atoms with Crippen LogP contribution in [0, 0.1) is 19.8 Å². The number of rotatable bonds is 5. The number of aromatic nitrogens is 1. The normalized spacial score (nSPS) is 18.8. The monoisotopic (exact) mass is 353 g/mol. The maximum atomic E-state index is 13.2. The van der Waals surface area contributed by atoms with Gasteiger partial charge in [-0.2, -0.15) is 0 Å². The Hall–Kier alpha value is -2.07. The molecule has 26 heavy (non-hydrogen) atoms. The number of nitrogens with one attached hydrogen (secondary N) is 1. The Labute approximate surface area is 157 Å². The summed E-state index contributed by atoms with van der Waals surface area (Å²) < 4.78 is 2.29. The summed E-state index contributed by atoms with van der Waals surface area (Å²) in [5, 5.41) is 3.25. The van der Waals surface area contributed by atoms with Crippen LogP contribution in [0.1, 0.15) is 53.1 Å². The Morgan fingerprint density at radius 1 is 1.27 bits per heavy atom. The first-order valence-corrected chi connectivity index (χ1v) is 9.70. The molecule has 0 bridgehead atoms. The topological polar surface area (TPSA) is 37.3 Å². The number of piperidine rings is 1. The number of hydrogen-bond donors (Lipinski definition) is 1. The van der Waals surface area contributed by atoms with E-state index in [9.17, 15) is 4.79 Å². The van der Waals surface area contributed by atoms with E-state index in [1.54, 1.807) is 0 Å². The van der Waals surface area contributed by atoms with Crippen molar-refractivity contribution in [2.24, 2.45) is 5.92 Å². The molecule has 1 fully saturated rings. The van der Waals surface area contributed by atoms with Crippen molar-refractivity contribution in [3.8, 4) is 0 Å². The first-order chi connectivity index (χ1) is 12.5. The van der Waals surface area contributed by atoms with E-state index in [0.29, 0.717) is 5.92 Å². The van der Waals surface area contributed by atoms with E-state index in [-0.39, 0.29) is 11.9 Å². The third-order valence-corrected chi connectivity index (χ3v) is 5.68. The molecule has 1 N–H and O–H groups in total. The maximum absolute atomic E-state index is 13.2. The minimum Gasteiger partial charge on any atom is -0.341 e. The summed E-state index contributed by atoms with van der Waals surface area (Å²) in [4.78, 5) is 15.2. The van der Waals surface area contributed by atoms with Crippen molar-refractivity contribution in [1.29, 1.82) is 0 Å². The SMILES string of the molecule is CNCC1CCCN(C(=O)c2cc(C)n(C(C)c3ccccc3)c2C)C1. The molecule has 1 aromatic carbocycles. The van der Waals surface area contributed by atoms with Crippen LogP contribution in [0.3, 0.4) is 0 Å². The van der Waals surface area contributed by atoms with Gasteiger partial charge in [0.15, 0.2) is 0 Å². The fraction of sp³-hybridized carbons (Fsp3) is 0.500. The van der Waals surface area contributed by atoms with Gasteiger partial charge in [0, 0.05) is 24.5 Å². The van der Waals surface area contributed by atoms with Crippen molar-refractivity contribution in [3.05, 3.63) is 58.9 Å². The molecule has 1 saturated heterocycles. The third kappa shape index (κ3) is 3.70. The van der Waals surface area contributed by atoms with Crippen LogP contribution < -0.4 is 5.32 Å². The molecule has 1 amide bonds. The fourth-order valence-electron chi connectivity index (χ4n) is 4.35. The highest BCUT2D eigenvalue weighted by Gasteiger charge is 2.27. The average Bonchev–Trinajstić information content (AvgIpc) is 2.96. The van der Waals surface area contributed by atoms with E-state index in [2.05, 4.69) is 61.0 Å². The van der Waals surface area contributed by atoms with Gasteiger partial charge in [-0.05, 0) is 64.8 Å². The molecule has 0 saturated carbocycles. The second-order valence-corrected chi connectivity index (χ2v) is 7.56. The van der Waals surface area contributed by atoms with Crippen LogP contribution in [0.15, 0.2) is 36.4 Å². The number of amides is 1. The van der Waals surface area contributed by atoms with Crippen LogP contribution in [-0.4, -0.2) is 42.1 Å². The van der Waals surface area contributed by atoms with E-state index in [0.717, 1.165) is 43.0 Å². The van der Waals surface area contributed by atoms with Crippen LogP contribution >= 0.6 is 0 Å². The molecule has 0 spiro atoms. The molecule has 1 aromatic heterocycles. The lowest BCUT2D eigenvalue weighted by molar-refractivity contribution is 0.0673. The Balaban J connectivity index is 1.84. The number of nitrogens with zero attached hydrogens (tertiary/aromatic N) is 2. The van der Waals surface area contributed by atoms with Crippen molar-refractivity contribution < 1.29 is 4.79 Å². The maximum Gasteiger partial charge on any atom is 0.255 e. The molecule has 2 heterocycles. The van der Waals surface area contributed by atoms with Gasteiger partial charge in [-0.3, -0.25) is 4.79 Å². The van der Waals surface area contributed by atoms with Gasteiger partial charge in [0.1, 0.15) is 0 Å². The Bertz CT molecular complexity index is 748. The summed E-state index contributed by atoms with van der Waals surface area (Å²) >= 11 is 0. The summed E-state index contributed by atoms with van der Waals surface area (Å²) in [5.74, 6) is 0.745. The highest BCUT2D eigenvalue weighted by molar-refractivity contribution is 5.95. The van der Waals surface area contributed by atoms with Gasteiger partial charge in [0.2, 0.25) is 0 Å². The number of carbonyl (C=O) groups is 1. The fourth-order valence-corrected chi connectivity index (χ4v) is 4.35. The minimum absolute atomic E-state index is 0.186. The van der Waals surface area contributed by atoms with Crippen molar-refractivity contribution in [3.63, 3.8) is 0 Å². The zero-order chi connectivity index (χ0) is 18.7. The lowest BCUT2D eigenvalue weighted by Crippen LogP contribution is -2.42. The molecule has 2 atom stereocenters. The van der Waals surface area contributed by atoms with Crippen LogP contribution in [0.2, 0.25) is 0 Å². The van der Waals surface area contributed by atoms with Crippen molar-refractivity contribution >= 4 is 5.91 Å².